The molecule has 0 aliphatic heterocycles. The third-order valence-corrected chi connectivity index (χ3v) is 6.82. The maximum atomic E-state index is 12.5. The van der Waals surface area contributed by atoms with Crippen LogP contribution in [0.5, 0.6) is 0 Å². The Hall–Kier alpha value is -2.68. The standard InChI is InChI=1S/C23H26ClN3O4S/c24-19-7-11-22(12-8-19)32(30,31)26-15-13-21-10-9-20(5-1-2-6-23(28)29)27(21)17-18-4-3-14-25-16-18/h3-4,7-12,14,16,26H,1-2,5-6,13,15,17H2,(H,28,29). The van der Waals surface area contributed by atoms with Crippen molar-refractivity contribution in [3.05, 3.63) is 82.9 Å². The van der Waals surface area contributed by atoms with E-state index in [-0.39, 0.29) is 17.9 Å². The minimum absolute atomic E-state index is 0.155. The molecule has 32 heavy (non-hydrogen) atoms. The van der Waals surface area contributed by atoms with Gasteiger partial charge >= 0.3 is 5.97 Å². The highest BCUT2D eigenvalue weighted by molar-refractivity contribution is 7.89. The fourth-order valence-electron chi connectivity index (χ4n) is 3.46. The van der Waals surface area contributed by atoms with Crippen molar-refractivity contribution in [3.63, 3.8) is 0 Å². The van der Waals surface area contributed by atoms with E-state index in [2.05, 4.69) is 14.3 Å². The molecule has 7 nitrogen and oxygen atoms in total. The zero-order valence-corrected chi connectivity index (χ0v) is 19.1. The lowest BCUT2D eigenvalue weighted by molar-refractivity contribution is -0.137. The number of unbranched alkanes of at least 4 members (excludes halogenated alkanes) is 1. The van der Waals surface area contributed by atoms with Crippen molar-refractivity contribution in [1.29, 1.82) is 0 Å². The van der Waals surface area contributed by atoms with Gasteiger partial charge in [-0.15, -0.1) is 0 Å². The number of hydrogen-bond donors (Lipinski definition) is 2. The monoisotopic (exact) mass is 475 g/mol. The third-order valence-electron chi connectivity index (χ3n) is 5.10. The van der Waals surface area contributed by atoms with Crippen LogP contribution in [0.1, 0.15) is 36.2 Å². The summed E-state index contributed by atoms with van der Waals surface area (Å²) in [5.41, 5.74) is 3.13. The fraction of sp³-hybridized carbons (Fsp3) is 0.304. The summed E-state index contributed by atoms with van der Waals surface area (Å²) in [6.07, 6.45) is 6.34. The molecule has 0 bridgehead atoms. The summed E-state index contributed by atoms with van der Waals surface area (Å²) in [5, 5.41) is 9.33. The van der Waals surface area contributed by atoms with E-state index in [4.69, 9.17) is 16.7 Å². The van der Waals surface area contributed by atoms with E-state index in [9.17, 15) is 13.2 Å². The lowest BCUT2D eigenvalue weighted by atomic mass is 10.1. The van der Waals surface area contributed by atoms with Crippen molar-refractivity contribution < 1.29 is 18.3 Å². The van der Waals surface area contributed by atoms with Gasteiger partial charge in [-0.05, 0) is 67.3 Å². The molecule has 0 fully saturated rings. The predicted octanol–water partition coefficient (Wildman–Crippen LogP) is 3.90. The number of hydrogen-bond acceptors (Lipinski definition) is 4. The molecule has 0 amide bonds. The van der Waals surface area contributed by atoms with Gasteiger partial charge in [0.1, 0.15) is 0 Å². The summed E-state index contributed by atoms with van der Waals surface area (Å²) in [5.74, 6) is -0.788. The number of nitrogens with one attached hydrogen (secondary N) is 1. The molecule has 2 N–H and O–H groups in total. The van der Waals surface area contributed by atoms with Crippen LogP contribution in [0.4, 0.5) is 0 Å². The number of sulfonamides is 1. The van der Waals surface area contributed by atoms with E-state index in [1.54, 1.807) is 24.5 Å². The first-order valence-electron chi connectivity index (χ1n) is 10.4. The first kappa shape index (κ1) is 24.0. The van der Waals surface area contributed by atoms with E-state index in [1.807, 2.05) is 24.3 Å². The predicted molar refractivity (Wildman–Crippen MR) is 123 cm³/mol. The average molecular weight is 476 g/mol. The van der Waals surface area contributed by atoms with Crippen molar-refractivity contribution in [2.24, 2.45) is 0 Å². The number of aromatic nitrogens is 2. The van der Waals surface area contributed by atoms with Gasteiger partial charge < -0.3 is 9.67 Å². The molecule has 2 aromatic heterocycles. The largest absolute Gasteiger partial charge is 0.481 e. The number of carboxylic acid groups (broad SMARTS) is 1. The molecule has 0 aliphatic carbocycles. The van der Waals surface area contributed by atoms with Crippen LogP contribution in [0.2, 0.25) is 5.02 Å². The number of aryl methyl sites for hydroxylation is 1. The Labute approximate surface area is 193 Å². The summed E-state index contributed by atoms with van der Waals surface area (Å²) in [6, 6.07) is 14.0. The highest BCUT2D eigenvalue weighted by atomic mass is 35.5. The van der Waals surface area contributed by atoms with Crippen LogP contribution in [0.15, 0.2) is 65.8 Å². The summed E-state index contributed by atoms with van der Waals surface area (Å²) < 4.78 is 29.9. The number of benzene rings is 1. The quantitative estimate of drug-likeness (QED) is 0.387. The second kappa shape index (κ2) is 11.3. The maximum Gasteiger partial charge on any atom is 0.303 e. The minimum Gasteiger partial charge on any atom is -0.481 e. The molecular formula is C23H26ClN3O4S. The molecule has 0 spiro atoms. The average Bonchev–Trinajstić information content (AvgIpc) is 3.13. The first-order valence-corrected chi connectivity index (χ1v) is 12.2. The van der Waals surface area contributed by atoms with Crippen LogP contribution < -0.4 is 4.72 Å². The molecule has 2 heterocycles. The molecule has 0 unspecified atom stereocenters. The summed E-state index contributed by atoms with van der Waals surface area (Å²) >= 11 is 5.84. The van der Waals surface area contributed by atoms with Gasteiger partial charge in [-0.2, -0.15) is 0 Å². The Morgan fingerprint density at radius 3 is 2.41 bits per heavy atom. The van der Waals surface area contributed by atoms with Crippen molar-refractivity contribution in [3.8, 4) is 0 Å². The topological polar surface area (TPSA) is 101 Å². The Morgan fingerprint density at radius 2 is 1.75 bits per heavy atom. The van der Waals surface area contributed by atoms with Crippen molar-refractivity contribution >= 4 is 27.6 Å². The Kier molecular flexibility index (Phi) is 8.44. The molecule has 0 aliphatic rings. The maximum absolute atomic E-state index is 12.5. The van der Waals surface area contributed by atoms with Crippen molar-refractivity contribution in [1.82, 2.24) is 14.3 Å². The minimum atomic E-state index is -3.62. The van der Waals surface area contributed by atoms with Crippen LogP contribution in [0.3, 0.4) is 0 Å². The molecule has 9 heteroatoms. The van der Waals surface area contributed by atoms with Gasteiger partial charge in [-0.3, -0.25) is 9.78 Å². The number of carbonyl (C=O) groups is 1. The molecule has 170 valence electrons. The van der Waals surface area contributed by atoms with Crippen molar-refractivity contribution in [2.45, 2.75) is 43.5 Å². The van der Waals surface area contributed by atoms with Crippen LogP contribution in [-0.4, -0.2) is 35.6 Å². The molecule has 1 aromatic carbocycles. The highest BCUT2D eigenvalue weighted by Crippen LogP contribution is 2.17. The molecule has 0 radical (unpaired) electrons. The van der Waals surface area contributed by atoms with E-state index in [0.29, 0.717) is 24.4 Å². The number of halogens is 1. The summed E-state index contributed by atoms with van der Waals surface area (Å²) in [4.78, 5) is 15.1. The van der Waals surface area contributed by atoms with Gasteiger partial charge in [0.15, 0.2) is 0 Å². The van der Waals surface area contributed by atoms with Gasteiger partial charge in [0, 0.05) is 54.7 Å². The van der Waals surface area contributed by atoms with Crippen LogP contribution in [0, 0.1) is 0 Å². The third kappa shape index (κ3) is 6.91. The number of pyridine rings is 1. The molecule has 0 saturated carbocycles. The van der Waals surface area contributed by atoms with E-state index >= 15 is 0 Å². The summed E-state index contributed by atoms with van der Waals surface area (Å²) in [7, 11) is -3.62. The van der Waals surface area contributed by atoms with Gasteiger partial charge in [0.05, 0.1) is 4.90 Å². The van der Waals surface area contributed by atoms with Crippen LogP contribution in [0.25, 0.3) is 0 Å². The lowest BCUT2D eigenvalue weighted by Gasteiger charge is -2.14. The molecule has 3 aromatic rings. The Morgan fingerprint density at radius 1 is 1.03 bits per heavy atom. The van der Waals surface area contributed by atoms with Crippen LogP contribution in [-0.2, 0) is 34.2 Å². The van der Waals surface area contributed by atoms with E-state index in [0.717, 1.165) is 29.8 Å². The smallest absolute Gasteiger partial charge is 0.303 e. The molecular weight excluding hydrogens is 450 g/mol. The number of nitrogens with zero attached hydrogens (tertiary/aromatic N) is 2. The highest BCUT2D eigenvalue weighted by Gasteiger charge is 2.15. The first-order chi connectivity index (χ1) is 15.3. The fourth-order valence-corrected chi connectivity index (χ4v) is 4.62. The number of rotatable bonds is 12. The number of carboxylic acids is 1. The second-order valence-electron chi connectivity index (χ2n) is 7.47. The van der Waals surface area contributed by atoms with Gasteiger partial charge in [0.25, 0.3) is 0 Å². The molecule has 0 atom stereocenters. The van der Waals surface area contributed by atoms with E-state index in [1.165, 1.54) is 12.1 Å². The van der Waals surface area contributed by atoms with Crippen LogP contribution >= 0.6 is 11.6 Å². The second-order valence-corrected chi connectivity index (χ2v) is 9.67. The Bertz CT molecular complexity index is 1130. The van der Waals surface area contributed by atoms with Gasteiger partial charge in [-0.25, -0.2) is 13.1 Å². The molecule has 3 rings (SSSR count). The lowest BCUT2D eigenvalue weighted by Crippen LogP contribution is -2.26. The van der Waals surface area contributed by atoms with E-state index < -0.39 is 16.0 Å². The molecule has 0 saturated heterocycles. The summed E-state index contributed by atoms with van der Waals surface area (Å²) in [6.45, 7) is 0.870. The normalized spacial score (nSPS) is 11.5. The number of aliphatic carboxylic acids is 1. The van der Waals surface area contributed by atoms with Gasteiger partial charge in [0.2, 0.25) is 10.0 Å². The zero-order valence-electron chi connectivity index (χ0n) is 17.6. The van der Waals surface area contributed by atoms with Gasteiger partial charge in [-0.1, -0.05) is 17.7 Å². The SMILES string of the molecule is O=C(O)CCCCc1ccc(CCNS(=O)(=O)c2ccc(Cl)cc2)n1Cc1cccnc1. The Balaban J connectivity index is 1.69. The zero-order chi connectivity index (χ0) is 23.0. The van der Waals surface area contributed by atoms with Crippen molar-refractivity contribution in [2.75, 3.05) is 6.54 Å².